The molecular weight excluding hydrogens is 509 g/mol. The van der Waals surface area contributed by atoms with Gasteiger partial charge in [0.2, 0.25) is 11.9 Å². The van der Waals surface area contributed by atoms with Crippen molar-refractivity contribution in [2.24, 2.45) is 7.05 Å². The van der Waals surface area contributed by atoms with Crippen LogP contribution in [0.15, 0.2) is 35.8 Å². The number of carbonyl (C=O) groups excluding carboxylic acids is 1. The van der Waals surface area contributed by atoms with Crippen LogP contribution in [0, 0.1) is 0 Å². The summed E-state index contributed by atoms with van der Waals surface area (Å²) < 4.78 is 17.9. The number of fused-ring (bicyclic) bond motifs is 1. The number of ether oxygens (including phenoxy) is 3. The fourth-order valence-electron chi connectivity index (χ4n) is 3.98. The van der Waals surface area contributed by atoms with Crippen molar-refractivity contribution in [3.05, 3.63) is 51.4 Å². The Morgan fingerprint density at radius 3 is 2.69 bits per heavy atom. The molecule has 2 aromatic heterocycles. The first-order valence-electron chi connectivity index (χ1n) is 11.1. The summed E-state index contributed by atoms with van der Waals surface area (Å²) in [6.07, 6.45) is 2.79. The van der Waals surface area contributed by atoms with E-state index in [1.54, 1.807) is 25.4 Å². The lowest BCUT2D eigenvalue weighted by molar-refractivity contribution is -0.117. The Labute approximate surface area is 217 Å². The second-order valence-corrected chi connectivity index (χ2v) is 8.77. The molecule has 1 aromatic carbocycles. The first-order valence-corrected chi connectivity index (χ1v) is 11.9. The molecule has 2 N–H and O–H groups in total. The zero-order valence-electron chi connectivity index (χ0n) is 19.9. The zero-order chi connectivity index (χ0) is 26.0. The number of methoxy groups -OCH3 is 1. The molecule has 1 aliphatic heterocycles. The number of nitrogens with one attached hydrogen (secondary N) is 2. The molecule has 0 bridgehead atoms. The summed E-state index contributed by atoms with van der Waals surface area (Å²) in [5.74, 6) is 0.670. The van der Waals surface area contributed by atoms with Crippen molar-refractivity contribution in [2.75, 3.05) is 32.2 Å². The molecule has 2 atom stereocenters. The number of nitrogens with zero attached hydrogens (tertiary/aromatic N) is 3. The molecule has 0 unspecified atom stereocenters. The second-order valence-electron chi connectivity index (χ2n) is 8.02. The first-order chi connectivity index (χ1) is 17.3. The molecule has 0 aliphatic carbocycles. The molecule has 4 rings (SSSR count). The fourth-order valence-corrected chi connectivity index (χ4v) is 4.66. The van der Waals surface area contributed by atoms with Gasteiger partial charge in [0, 0.05) is 30.3 Å². The molecule has 10 nitrogen and oxygen atoms in total. The molecule has 12 heteroatoms. The molecule has 3 heterocycles. The normalized spacial score (nSPS) is 17.1. The number of hydrogen-bond donors (Lipinski definition) is 2. The SMILES string of the molecule is C=CC(=O)N[C@H]1COC[C@H]1Nc1ncc2cc(-c3c(Cl)c(OC)cc(OCC)c3Cl)c(=O)n(C)c2n1. The van der Waals surface area contributed by atoms with Crippen molar-refractivity contribution in [1.29, 1.82) is 0 Å². The van der Waals surface area contributed by atoms with Gasteiger partial charge in [0.25, 0.3) is 5.56 Å². The van der Waals surface area contributed by atoms with Gasteiger partial charge in [0.1, 0.15) is 17.1 Å². The smallest absolute Gasteiger partial charge is 0.259 e. The summed E-state index contributed by atoms with van der Waals surface area (Å²) >= 11 is 13.2. The molecule has 1 aliphatic rings. The van der Waals surface area contributed by atoms with Crippen LogP contribution in [0.1, 0.15) is 6.92 Å². The third-order valence-corrected chi connectivity index (χ3v) is 6.53. The minimum atomic E-state index is -0.369. The molecular formula is C24H25Cl2N5O5. The summed E-state index contributed by atoms with van der Waals surface area (Å²) in [6, 6.07) is 2.68. The molecule has 190 valence electrons. The van der Waals surface area contributed by atoms with E-state index < -0.39 is 0 Å². The third-order valence-electron chi connectivity index (χ3n) is 5.78. The summed E-state index contributed by atoms with van der Waals surface area (Å²) in [7, 11) is 3.07. The average Bonchev–Trinajstić information content (AvgIpc) is 3.30. The van der Waals surface area contributed by atoms with Crippen LogP contribution in [0.25, 0.3) is 22.2 Å². The summed E-state index contributed by atoms with van der Waals surface area (Å²) in [5.41, 5.74) is 0.578. The number of carbonyl (C=O) groups is 1. The van der Waals surface area contributed by atoms with Crippen LogP contribution in [0.2, 0.25) is 10.0 Å². The topological polar surface area (TPSA) is 117 Å². The van der Waals surface area contributed by atoms with E-state index in [1.165, 1.54) is 17.8 Å². The van der Waals surface area contributed by atoms with E-state index in [0.29, 0.717) is 47.9 Å². The van der Waals surface area contributed by atoms with E-state index in [-0.39, 0.29) is 45.1 Å². The van der Waals surface area contributed by atoms with E-state index in [1.807, 2.05) is 6.92 Å². The molecule has 3 aromatic rings. The molecule has 0 spiro atoms. The minimum Gasteiger partial charge on any atom is -0.495 e. The average molecular weight is 534 g/mol. The predicted molar refractivity (Wildman–Crippen MR) is 138 cm³/mol. The van der Waals surface area contributed by atoms with Crippen molar-refractivity contribution in [3.8, 4) is 22.6 Å². The van der Waals surface area contributed by atoms with Crippen LogP contribution >= 0.6 is 23.2 Å². The van der Waals surface area contributed by atoms with E-state index >= 15 is 0 Å². The highest BCUT2D eigenvalue weighted by Gasteiger charge is 2.30. The van der Waals surface area contributed by atoms with Crippen molar-refractivity contribution in [3.63, 3.8) is 0 Å². The van der Waals surface area contributed by atoms with Crippen molar-refractivity contribution in [1.82, 2.24) is 19.9 Å². The van der Waals surface area contributed by atoms with Gasteiger partial charge in [-0.15, -0.1) is 0 Å². The number of aryl methyl sites for hydroxylation is 1. The molecule has 1 saturated heterocycles. The number of benzene rings is 1. The number of anilines is 1. The van der Waals surface area contributed by atoms with E-state index in [9.17, 15) is 9.59 Å². The number of rotatable bonds is 8. The first kappa shape index (κ1) is 25.7. The van der Waals surface area contributed by atoms with E-state index in [0.717, 1.165) is 0 Å². The lowest BCUT2D eigenvalue weighted by Gasteiger charge is -2.20. The molecule has 1 amide bonds. The Kier molecular flexibility index (Phi) is 7.67. The van der Waals surface area contributed by atoms with Crippen LogP contribution in [0.5, 0.6) is 11.5 Å². The van der Waals surface area contributed by atoms with Crippen molar-refractivity contribution >= 4 is 46.1 Å². The number of amides is 1. The largest absolute Gasteiger partial charge is 0.495 e. The van der Waals surface area contributed by atoms with Gasteiger partial charge in [0.15, 0.2) is 0 Å². The lowest BCUT2D eigenvalue weighted by atomic mass is 10.0. The lowest BCUT2D eigenvalue weighted by Crippen LogP contribution is -2.45. The van der Waals surface area contributed by atoms with Crippen LogP contribution in [-0.2, 0) is 16.6 Å². The van der Waals surface area contributed by atoms with E-state index in [2.05, 4.69) is 27.2 Å². The van der Waals surface area contributed by atoms with Gasteiger partial charge in [-0.3, -0.25) is 14.2 Å². The maximum absolute atomic E-state index is 13.4. The number of pyridine rings is 1. The van der Waals surface area contributed by atoms with Crippen molar-refractivity contribution < 1.29 is 19.0 Å². The fraction of sp³-hybridized carbons (Fsp3) is 0.333. The Balaban J connectivity index is 1.75. The second kappa shape index (κ2) is 10.7. The van der Waals surface area contributed by atoms with Crippen molar-refractivity contribution in [2.45, 2.75) is 19.0 Å². The highest BCUT2D eigenvalue weighted by Crippen LogP contribution is 2.45. The number of halogens is 2. The summed E-state index contributed by atoms with van der Waals surface area (Å²) in [4.78, 5) is 34.0. The maximum atomic E-state index is 13.4. The van der Waals surface area contributed by atoms with Crippen LogP contribution in [-0.4, -0.2) is 59.5 Å². The standard InChI is InChI=1S/C24H25Cl2N5O5/c1-5-18(32)28-14-10-35-11-15(14)29-24-27-9-12-7-13(23(33)31(3)22(12)30-24)19-20(25)16(34-4)8-17(21(19)26)36-6-2/h5,7-9,14-15H,1,6,10-11H2,2-4H3,(H,28,32)(H,27,29,30)/t14-,15+/m0/s1. The van der Waals surface area contributed by atoms with Gasteiger partial charge in [-0.25, -0.2) is 4.98 Å². The Bertz CT molecular complexity index is 1390. The Morgan fingerprint density at radius 2 is 2.00 bits per heavy atom. The molecule has 0 radical (unpaired) electrons. The predicted octanol–water partition coefficient (Wildman–Crippen LogP) is 3.19. The van der Waals surface area contributed by atoms with Gasteiger partial charge in [-0.2, -0.15) is 4.98 Å². The summed E-state index contributed by atoms with van der Waals surface area (Å²) in [5, 5.41) is 6.97. The Hall–Kier alpha value is -3.34. The maximum Gasteiger partial charge on any atom is 0.259 e. The van der Waals surface area contributed by atoms with Gasteiger partial charge < -0.3 is 24.8 Å². The third kappa shape index (κ3) is 4.84. The number of aromatic nitrogens is 3. The van der Waals surface area contributed by atoms with Gasteiger partial charge >= 0.3 is 0 Å². The molecule has 0 saturated carbocycles. The Morgan fingerprint density at radius 1 is 1.28 bits per heavy atom. The van der Waals surface area contributed by atoms with Gasteiger partial charge in [-0.1, -0.05) is 29.8 Å². The van der Waals surface area contributed by atoms with Gasteiger partial charge in [-0.05, 0) is 19.1 Å². The monoisotopic (exact) mass is 533 g/mol. The van der Waals surface area contributed by atoms with Crippen LogP contribution in [0.3, 0.4) is 0 Å². The van der Waals surface area contributed by atoms with Crippen LogP contribution in [0.4, 0.5) is 5.95 Å². The highest BCUT2D eigenvalue weighted by molar-refractivity contribution is 6.41. The molecule has 1 fully saturated rings. The van der Waals surface area contributed by atoms with Crippen LogP contribution < -0.4 is 25.7 Å². The highest BCUT2D eigenvalue weighted by atomic mass is 35.5. The molecule has 36 heavy (non-hydrogen) atoms. The van der Waals surface area contributed by atoms with Gasteiger partial charge in [0.05, 0.1) is 54.6 Å². The quantitative estimate of drug-likeness (QED) is 0.424. The van der Waals surface area contributed by atoms with E-state index in [4.69, 9.17) is 37.4 Å². The summed E-state index contributed by atoms with van der Waals surface area (Å²) in [6.45, 7) is 6.36. The zero-order valence-corrected chi connectivity index (χ0v) is 21.4. The number of hydrogen-bond acceptors (Lipinski definition) is 8. The minimum absolute atomic E-state index is 0.190.